The standard InChI is InChI=1S/C14H16FN3O2/c1-9(17-14(20)12-6-7-16-18-12)8-13(19)10-2-4-11(15)5-3-10/h2-7,9,13,19H,8H2,1H3,(H,16,18)(H,17,20). The number of aromatic amines is 1. The van der Waals surface area contributed by atoms with Crippen molar-refractivity contribution in [3.8, 4) is 0 Å². The first-order chi connectivity index (χ1) is 9.56. The molecule has 0 spiro atoms. The van der Waals surface area contributed by atoms with Crippen molar-refractivity contribution in [2.75, 3.05) is 0 Å². The first-order valence-electron chi connectivity index (χ1n) is 6.30. The molecule has 1 aromatic heterocycles. The first-order valence-corrected chi connectivity index (χ1v) is 6.30. The van der Waals surface area contributed by atoms with Gasteiger partial charge in [-0.05, 0) is 37.1 Å². The van der Waals surface area contributed by atoms with Crippen molar-refractivity contribution in [2.45, 2.75) is 25.5 Å². The van der Waals surface area contributed by atoms with E-state index in [1.807, 2.05) is 0 Å². The van der Waals surface area contributed by atoms with Crippen molar-refractivity contribution in [2.24, 2.45) is 0 Å². The SMILES string of the molecule is CC(CC(O)c1ccc(F)cc1)NC(=O)c1ccn[nH]1. The van der Waals surface area contributed by atoms with Crippen LogP contribution >= 0.6 is 0 Å². The number of hydrogen-bond acceptors (Lipinski definition) is 3. The van der Waals surface area contributed by atoms with Crippen LogP contribution in [0, 0.1) is 5.82 Å². The van der Waals surface area contributed by atoms with Gasteiger partial charge in [0.25, 0.3) is 5.91 Å². The number of H-pyrrole nitrogens is 1. The smallest absolute Gasteiger partial charge is 0.269 e. The predicted octanol–water partition coefficient (Wildman–Crippen LogP) is 1.79. The number of nitrogens with zero attached hydrogens (tertiary/aromatic N) is 1. The van der Waals surface area contributed by atoms with Crippen LogP contribution in [0.5, 0.6) is 0 Å². The number of carbonyl (C=O) groups is 1. The lowest BCUT2D eigenvalue weighted by molar-refractivity contribution is 0.0912. The van der Waals surface area contributed by atoms with E-state index in [0.29, 0.717) is 17.7 Å². The van der Waals surface area contributed by atoms with E-state index in [2.05, 4.69) is 15.5 Å². The Morgan fingerprint density at radius 2 is 2.10 bits per heavy atom. The van der Waals surface area contributed by atoms with Gasteiger partial charge in [0, 0.05) is 12.2 Å². The molecule has 0 saturated carbocycles. The maximum absolute atomic E-state index is 12.8. The molecule has 1 aromatic carbocycles. The van der Waals surface area contributed by atoms with Crippen molar-refractivity contribution < 1.29 is 14.3 Å². The zero-order valence-electron chi connectivity index (χ0n) is 11.0. The minimum atomic E-state index is -0.757. The Morgan fingerprint density at radius 1 is 1.40 bits per heavy atom. The molecular weight excluding hydrogens is 261 g/mol. The van der Waals surface area contributed by atoms with Crippen LogP contribution in [0.2, 0.25) is 0 Å². The summed E-state index contributed by atoms with van der Waals surface area (Å²) in [6, 6.07) is 7.00. The van der Waals surface area contributed by atoms with Crippen molar-refractivity contribution in [3.63, 3.8) is 0 Å². The maximum atomic E-state index is 12.8. The lowest BCUT2D eigenvalue weighted by atomic mass is 10.0. The minimum Gasteiger partial charge on any atom is -0.388 e. The molecule has 2 unspecified atom stereocenters. The molecule has 1 amide bonds. The Kier molecular flexibility index (Phi) is 4.47. The molecule has 2 rings (SSSR count). The zero-order chi connectivity index (χ0) is 14.5. The Hall–Kier alpha value is -2.21. The third-order valence-corrected chi connectivity index (χ3v) is 2.95. The largest absolute Gasteiger partial charge is 0.388 e. The Bertz CT molecular complexity index is 554. The second-order valence-corrected chi connectivity index (χ2v) is 4.65. The Morgan fingerprint density at radius 3 is 2.70 bits per heavy atom. The van der Waals surface area contributed by atoms with Crippen LogP contribution in [0.4, 0.5) is 4.39 Å². The molecule has 106 valence electrons. The Labute approximate surface area is 115 Å². The number of amides is 1. The molecule has 0 bridgehead atoms. The van der Waals surface area contributed by atoms with Gasteiger partial charge in [-0.25, -0.2) is 4.39 Å². The zero-order valence-corrected chi connectivity index (χ0v) is 11.0. The van der Waals surface area contributed by atoms with Gasteiger partial charge in [-0.1, -0.05) is 12.1 Å². The third-order valence-electron chi connectivity index (χ3n) is 2.95. The van der Waals surface area contributed by atoms with Crippen LogP contribution in [0.25, 0.3) is 0 Å². The van der Waals surface area contributed by atoms with Gasteiger partial charge in [0.05, 0.1) is 6.10 Å². The maximum Gasteiger partial charge on any atom is 0.269 e. The minimum absolute atomic E-state index is 0.231. The second-order valence-electron chi connectivity index (χ2n) is 4.65. The number of rotatable bonds is 5. The monoisotopic (exact) mass is 277 g/mol. The summed E-state index contributed by atoms with van der Waals surface area (Å²) in [5.74, 6) is -0.622. The van der Waals surface area contributed by atoms with Crippen LogP contribution in [0.3, 0.4) is 0 Å². The summed E-state index contributed by atoms with van der Waals surface area (Å²) >= 11 is 0. The summed E-state index contributed by atoms with van der Waals surface area (Å²) in [5.41, 5.74) is 0.988. The summed E-state index contributed by atoms with van der Waals surface area (Å²) in [6.45, 7) is 1.79. The predicted molar refractivity (Wildman–Crippen MR) is 71.5 cm³/mol. The fourth-order valence-corrected chi connectivity index (χ4v) is 1.90. The lowest BCUT2D eigenvalue weighted by Gasteiger charge is -2.17. The van der Waals surface area contributed by atoms with Gasteiger partial charge in [-0.2, -0.15) is 5.10 Å². The van der Waals surface area contributed by atoms with Gasteiger partial charge >= 0.3 is 0 Å². The number of aliphatic hydroxyl groups is 1. The number of carbonyl (C=O) groups excluding carboxylic acids is 1. The van der Waals surface area contributed by atoms with Gasteiger partial charge in [-0.15, -0.1) is 0 Å². The molecule has 1 heterocycles. The average molecular weight is 277 g/mol. The highest BCUT2D eigenvalue weighted by atomic mass is 19.1. The van der Waals surface area contributed by atoms with E-state index in [4.69, 9.17) is 0 Å². The molecule has 6 heteroatoms. The molecule has 0 aliphatic rings. The van der Waals surface area contributed by atoms with Crippen molar-refractivity contribution in [1.82, 2.24) is 15.5 Å². The fourth-order valence-electron chi connectivity index (χ4n) is 1.90. The summed E-state index contributed by atoms with van der Waals surface area (Å²) < 4.78 is 12.8. The molecule has 3 N–H and O–H groups in total. The van der Waals surface area contributed by atoms with Crippen LogP contribution in [-0.4, -0.2) is 27.3 Å². The average Bonchev–Trinajstić information content (AvgIpc) is 2.93. The molecule has 0 saturated heterocycles. The van der Waals surface area contributed by atoms with Crippen LogP contribution in [0.1, 0.15) is 35.5 Å². The normalized spacial score (nSPS) is 13.8. The van der Waals surface area contributed by atoms with Crippen LogP contribution < -0.4 is 5.32 Å². The number of benzene rings is 1. The lowest BCUT2D eigenvalue weighted by Crippen LogP contribution is -2.34. The van der Waals surface area contributed by atoms with Crippen molar-refractivity contribution in [3.05, 3.63) is 53.6 Å². The molecule has 2 atom stereocenters. The van der Waals surface area contributed by atoms with Crippen LogP contribution in [-0.2, 0) is 0 Å². The van der Waals surface area contributed by atoms with E-state index in [9.17, 15) is 14.3 Å². The van der Waals surface area contributed by atoms with Crippen molar-refractivity contribution in [1.29, 1.82) is 0 Å². The molecule has 0 aliphatic carbocycles. The van der Waals surface area contributed by atoms with Gasteiger partial charge in [-0.3, -0.25) is 9.89 Å². The van der Waals surface area contributed by atoms with Crippen LogP contribution in [0.15, 0.2) is 36.5 Å². The van der Waals surface area contributed by atoms with E-state index in [1.54, 1.807) is 13.0 Å². The summed E-state index contributed by atoms with van der Waals surface area (Å²) in [6.07, 6.45) is 1.08. The number of aliphatic hydroxyl groups excluding tert-OH is 1. The summed E-state index contributed by atoms with van der Waals surface area (Å²) in [7, 11) is 0. The van der Waals surface area contributed by atoms with E-state index in [-0.39, 0.29) is 17.8 Å². The third kappa shape index (κ3) is 3.64. The highest BCUT2D eigenvalue weighted by molar-refractivity contribution is 5.92. The highest BCUT2D eigenvalue weighted by Gasteiger charge is 2.15. The number of aromatic nitrogens is 2. The van der Waals surface area contributed by atoms with Gasteiger partial charge in [0.15, 0.2) is 0 Å². The molecular formula is C14H16FN3O2. The van der Waals surface area contributed by atoms with E-state index in [1.165, 1.54) is 30.5 Å². The molecule has 0 aliphatic heterocycles. The van der Waals surface area contributed by atoms with E-state index in [0.717, 1.165) is 0 Å². The van der Waals surface area contributed by atoms with Gasteiger partial charge in [0.1, 0.15) is 11.5 Å². The van der Waals surface area contributed by atoms with E-state index < -0.39 is 6.10 Å². The topological polar surface area (TPSA) is 78.0 Å². The number of nitrogens with one attached hydrogen (secondary N) is 2. The number of hydrogen-bond donors (Lipinski definition) is 3. The van der Waals surface area contributed by atoms with Gasteiger partial charge < -0.3 is 10.4 Å². The molecule has 0 radical (unpaired) electrons. The van der Waals surface area contributed by atoms with E-state index >= 15 is 0 Å². The molecule has 5 nitrogen and oxygen atoms in total. The quantitative estimate of drug-likeness (QED) is 0.779. The second kappa shape index (κ2) is 6.29. The number of halogens is 1. The first kappa shape index (κ1) is 14.2. The molecule has 2 aromatic rings. The Balaban J connectivity index is 1.89. The fraction of sp³-hybridized carbons (Fsp3) is 0.286. The van der Waals surface area contributed by atoms with Gasteiger partial charge in [0.2, 0.25) is 0 Å². The molecule has 20 heavy (non-hydrogen) atoms. The van der Waals surface area contributed by atoms with Crippen molar-refractivity contribution >= 4 is 5.91 Å². The highest BCUT2D eigenvalue weighted by Crippen LogP contribution is 2.18. The summed E-state index contributed by atoms with van der Waals surface area (Å²) in [5, 5.41) is 19.0. The molecule has 0 fully saturated rings. The summed E-state index contributed by atoms with van der Waals surface area (Å²) in [4.78, 5) is 11.8.